The fourth-order valence-corrected chi connectivity index (χ4v) is 4.44. The minimum absolute atomic E-state index is 1.04. The van der Waals surface area contributed by atoms with Gasteiger partial charge in [-0.15, -0.1) is 11.3 Å². The van der Waals surface area contributed by atoms with Crippen molar-refractivity contribution >= 4 is 55.3 Å². The van der Waals surface area contributed by atoms with Gasteiger partial charge in [0, 0.05) is 23.2 Å². The Hall–Kier alpha value is -1.65. The lowest BCUT2D eigenvalue weighted by Crippen LogP contribution is -2.25. The third-order valence-corrected chi connectivity index (χ3v) is 6.08. The van der Waals surface area contributed by atoms with Crippen LogP contribution in [0.3, 0.4) is 0 Å². The van der Waals surface area contributed by atoms with Gasteiger partial charge in [-0.2, -0.15) is 0 Å². The van der Waals surface area contributed by atoms with E-state index in [4.69, 9.17) is 0 Å². The van der Waals surface area contributed by atoms with E-state index in [1.54, 1.807) is 11.3 Å². The van der Waals surface area contributed by atoms with Gasteiger partial charge in [-0.3, -0.25) is 0 Å². The smallest absolute Gasteiger partial charge is 0.117 e. The van der Waals surface area contributed by atoms with Gasteiger partial charge in [0.1, 0.15) is 5.01 Å². The second-order valence-electron chi connectivity index (χ2n) is 6.78. The molecule has 0 amide bonds. The molecule has 142 valence electrons. The van der Waals surface area contributed by atoms with E-state index in [0.29, 0.717) is 0 Å². The van der Waals surface area contributed by atoms with Crippen LogP contribution < -0.4 is 4.90 Å². The van der Waals surface area contributed by atoms with E-state index in [2.05, 4.69) is 88.2 Å². The van der Waals surface area contributed by atoms with Crippen LogP contribution in [0, 0.1) is 0 Å². The lowest BCUT2D eigenvalue weighted by molar-refractivity contribution is 0.678. The number of anilines is 1. The first-order valence-corrected chi connectivity index (χ1v) is 11.4. The van der Waals surface area contributed by atoms with E-state index in [1.165, 1.54) is 41.6 Å². The van der Waals surface area contributed by atoms with E-state index < -0.39 is 0 Å². The topological polar surface area (TPSA) is 16.1 Å². The molecule has 1 aromatic heterocycles. The summed E-state index contributed by atoms with van der Waals surface area (Å²) < 4.78 is 2.31. The Kier molecular flexibility index (Phi) is 7.48. The van der Waals surface area contributed by atoms with E-state index in [0.717, 1.165) is 28.1 Å². The minimum atomic E-state index is 1.04. The highest BCUT2D eigenvalue weighted by Crippen LogP contribution is 2.27. The van der Waals surface area contributed by atoms with E-state index >= 15 is 0 Å². The molecule has 0 spiro atoms. The SMILES string of the molecule is CCCCN(CCCC)c1ccc(/C=C/c2nc3ccc(Br)cc3s2)cc1. The first kappa shape index (κ1) is 20.1. The van der Waals surface area contributed by atoms with Crippen molar-refractivity contribution in [3.63, 3.8) is 0 Å². The zero-order chi connectivity index (χ0) is 19.1. The number of unbranched alkanes of at least 4 members (excludes halogenated alkanes) is 2. The summed E-state index contributed by atoms with van der Waals surface area (Å²) in [5, 5.41) is 1.04. The number of fused-ring (bicyclic) bond motifs is 1. The number of hydrogen-bond acceptors (Lipinski definition) is 3. The number of aromatic nitrogens is 1. The molecule has 0 bridgehead atoms. The third-order valence-electron chi connectivity index (χ3n) is 4.61. The molecule has 3 rings (SSSR count). The quantitative estimate of drug-likeness (QED) is 0.338. The number of hydrogen-bond donors (Lipinski definition) is 0. The summed E-state index contributed by atoms with van der Waals surface area (Å²) >= 11 is 5.24. The summed E-state index contributed by atoms with van der Waals surface area (Å²) in [6, 6.07) is 15.1. The maximum atomic E-state index is 4.68. The molecule has 0 saturated heterocycles. The van der Waals surface area contributed by atoms with Crippen molar-refractivity contribution in [3.05, 3.63) is 57.5 Å². The Morgan fingerprint density at radius 1 is 0.963 bits per heavy atom. The van der Waals surface area contributed by atoms with Crippen LogP contribution in [0.25, 0.3) is 22.4 Å². The molecular weight excluding hydrogens is 416 g/mol. The Balaban J connectivity index is 1.70. The van der Waals surface area contributed by atoms with Crippen molar-refractivity contribution in [3.8, 4) is 0 Å². The zero-order valence-corrected chi connectivity index (χ0v) is 18.5. The third kappa shape index (κ3) is 5.66. The van der Waals surface area contributed by atoms with Crippen LogP contribution in [-0.2, 0) is 0 Å². The van der Waals surface area contributed by atoms with Crippen LogP contribution in [0.2, 0.25) is 0 Å². The zero-order valence-electron chi connectivity index (χ0n) is 16.1. The molecule has 2 nitrogen and oxygen atoms in total. The molecule has 1 heterocycles. The molecule has 4 heteroatoms. The Labute approximate surface area is 175 Å². The molecule has 0 aliphatic heterocycles. The van der Waals surface area contributed by atoms with Crippen LogP contribution in [0.1, 0.15) is 50.1 Å². The standard InChI is InChI=1S/C23H27BrN2S/c1-3-5-15-26(16-6-4-2)20-11-7-18(8-12-20)9-14-23-25-21-13-10-19(24)17-22(21)27-23/h7-14,17H,3-6,15-16H2,1-2H3/b14-9+. The highest BCUT2D eigenvalue weighted by molar-refractivity contribution is 9.10. The predicted octanol–water partition coefficient (Wildman–Crippen LogP) is 7.64. The fourth-order valence-electron chi connectivity index (χ4n) is 3.02. The van der Waals surface area contributed by atoms with Crippen LogP contribution >= 0.6 is 27.3 Å². The predicted molar refractivity (Wildman–Crippen MR) is 125 cm³/mol. The maximum absolute atomic E-state index is 4.68. The highest BCUT2D eigenvalue weighted by Gasteiger charge is 2.05. The van der Waals surface area contributed by atoms with Crippen LogP contribution in [0.15, 0.2) is 46.9 Å². The molecule has 0 aliphatic rings. The molecule has 2 aromatic carbocycles. The Bertz CT molecular complexity index is 875. The average molecular weight is 443 g/mol. The van der Waals surface area contributed by atoms with Gasteiger partial charge in [-0.25, -0.2) is 4.98 Å². The van der Waals surface area contributed by atoms with Crippen LogP contribution in [0.5, 0.6) is 0 Å². The number of benzene rings is 2. The number of nitrogens with zero attached hydrogens (tertiary/aromatic N) is 2. The van der Waals surface area contributed by atoms with Gasteiger partial charge >= 0.3 is 0 Å². The van der Waals surface area contributed by atoms with Gasteiger partial charge in [0.25, 0.3) is 0 Å². The van der Waals surface area contributed by atoms with Gasteiger partial charge in [-0.1, -0.05) is 60.8 Å². The van der Waals surface area contributed by atoms with Crippen molar-refractivity contribution in [2.45, 2.75) is 39.5 Å². The lowest BCUT2D eigenvalue weighted by atomic mass is 10.1. The summed E-state index contributed by atoms with van der Waals surface area (Å²) in [6.45, 7) is 6.80. The monoisotopic (exact) mass is 442 g/mol. The van der Waals surface area contributed by atoms with Gasteiger partial charge in [-0.05, 0) is 54.8 Å². The van der Waals surface area contributed by atoms with Crippen LogP contribution in [-0.4, -0.2) is 18.1 Å². The molecule has 0 aliphatic carbocycles. The summed E-state index contributed by atoms with van der Waals surface area (Å²) in [5.74, 6) is 0. The number of rotatable bonds is 9. The summed E-state index contributed by atoms with van der Waals surface area (Å²) in [5.41, 5.74) is 3.60. The van der Waals surface area contributed by atoms with Gasteiger partial charge in [0.2, 0.25) is 0 Å². The first-order valence-electron chi connectivity index (χ1n) is 9.78. The van der Waals surface area contributed by atoms with Gasteiger partial charge in [0.05, 0.1) is 10.2 Å². The van der Waals surface area contributed by atoms with Gasteiger partial charge in [0.15, 0.2) is 0 Å². The number of halogens is 1. The molecule has 0 atom stereocenters. The molecule has 0 N–H and O–H groups in total. The molecule has 0 saturated carbocycles. The van der Waals surface area contributed by atoms with Gasteiger partial charge < -0.3 is 4.90 Å². The second kappa shape index (κ2) is 10.0. The summed E-state index contributed by atoms with van der Waals surface area (Å²) in [7, 11) is 0. The molecule has 0 radical (unpaired) electrons. The fraction of sp³-hybridized carbons (Fsp3) is 0.348. The maximum Gasteiger partial charge on any atom is 0.117 e. The normalized spacial score (nSPS) is 11.5. The second-order valence-corrected chi connectivity index (χ2v) is 8.76. The molecule has 0 unspecified atom stereocenters. The average Bonchev–Trinajstić information content (AvgIpc) is 3.09. The molecule has 3 aromatic rings. The van der Waals surface area contributed by atoms with Crippen molar-refractivity contribution in [1.29, 1.82) is 0 Å². The largest absolute Gasteiger partial charge is 0.372 e. The first-order chi connectivity index (χ1) is 13.2. The van der Waals surface area contributed by atoms with E-state index in [-0.39, 0.29) is 0 Å². The summed E-state index contributed by atoms with van der Waals surface area (Å²) in [6.07, 6.45) is 9.24. The van der Waals surface area contributed by atoms with Crippen molar-refractivity contribution in [1.82, 2.24) is 4.98 Å². The minimum Gasteiger partial charge on any atom is -0.372 e. The molecule has 0 fully saturated rings. The van der Waals surface area contributed by atoms with Crippen LogP contribution in [0.4, 0.5) is 5.69 Å². The number of thiazole rings is 1. The Morgan fingerprint density at radius 3 is 2.33 bits per heavy atom. The summed E-state index contributed by atoms with van der Waals surface area (Å²) in [4.78, 5) is 7.20. The molecule has 27 heavy (non-hydrogen) atoms. The van der Waals surface area contributed by atoms with E-state index in [9.17, 15) is 0 Å². The molecular formula is C23H27BrN2S. The Morgan fingerprint density at radius 2 is 1.67 bits per heavy atom. The van der Waals surface area contributed by atoms with Crippen molar-refractivity contribution in [2.24, 2.45) is 0 Å². The lowest BCUT2D eigenvalue weighted by Gasteiger charge is -2.24. The van der Waals surface area contributed by atoms with Crippen molar-refractivity contribution < 1.29 is 0 Å². The van der Waals surface area contributed by atoms with Crippen molar-refractivity contribution in [2.75, 3.05) is 18.0 Å². The van der Waals surface area contributed by atoms with E-state index in [1.807, 2.05) is 6.07 Å². The highest BCUT2D eigenvalue weighted by atomic mass is 79.9.